The number of ether oxygens (including phenoxy) is 2. The first-order valence-electron chi connectivity index (χ1n) is 8.50. The minimum Gasteiger partial charge on any atom is -0.493 e. The molecule has 0 aliphatic rings. The second-order valence-electron chi connectivity index (χ2n) is 6.14. The first-order chi connectivity index (χ1) is 14.0. The third-order valence-corrected chi connectivity index (χ3v) is 5.48. The van der Waals surface area contributed by atoms with Crippen molar-refractivity contribution in [3.63, 3.8) is 0 Å². The van der Waals surface area contributed by atoms with Gasteiger partial charge in [0.25, 0.3) is 5.95 Å². The SMILES string of the molecule is COc1cc(/C=N/Nc2nnc3c4cc(Br)ccc4n(C)c3n2)cc(Br)c1OC. The van der Waals surface area contributed by atoms with Gasteiger partial charge in [-0.25, -0.2) is 5.43 Å². The van der Waals surface area contributed by atoms with Crippen molar-refractivity contribution in [2.24, 2.45) is 12.1 Å². The molecule has 10 heteroatoms. The number of rotatable bonds is 5. The molecule has 0 bridgehead atoms. The molecule has 0 fully saturated rings. The third kappa shape index (κ3) is 3.65. The van der Waals surface area contributed by atoms with Crippen LogP contribution >= 0.6 is 31.9 Å². The van der Waals surface area contributed by atoms with Crippen LogP contribution in [0.5, 0.6) is 11.5 Å². The number of hydrazone groups is 1. The van der Waals surface area contributed by atoms with Gasteiger partial charge >= 0.3 is 0 Å². The second kappa shape index (κ2) is 7.96. The molecule has 2 aromatic heterocycles. The Morgan fingerprint density at radius 2 is 1.93 bits per heavy atom. The van der Waals surface area contributed by atoms with Gasteiger partial charge < -0.3 is 14.0 Å². The zero-order valence-corrected chi connectivity index (χ0v) is 18.9. The Balaban J connectivity index is 1.63. The van der Waals surface area contributed by atoms with E-state index in [0.717, 1.165) is 36.6 Å². The summed E-state index contributed by atoms with van der Waals surface area (Å²) in [7, 11) is 5.12. The van der Waals surface area contributed by atoms with Gasteiger partial charge in [-0.1, -0.05) is 15.9 Å². The van der Waals surface area contributed by atoms with Crippen molar-refractivity contribution < 1.29 is 9.47 Å². The number of nitrogens with one attached hydrogen (secondary N) is 1. The Hall–Kier alpha value is -2.72. The van der Waals surface area contributed by atoms with Crippen LogP contribution in [0, 0.1) is 0 Å². The molecule has 0 aliphatic heterocycles. The molecule has 148 valence electrons. The predicted octanol–water partition coefficient (Wildman–Crippen LogP) is 4.50. The summed E-state index contributed by atoms with van der Waals surface area (Å²) in [5.74, 6) is 1.53. The van der Waals surface area contributed by atoms with Crippen LogP contribution in [0.25, 0.3) is 22.1 Å². The second-order valence-corrected chi connectivity index (χ2v) is 7.91. The topological polar surface area (TPSA) is 86.5 Å². The summed E-state index contributed by atoms with van der Waals surface area (Å²) in [6, 6.07) is 9.70. The van der Waals surface area contributed by atoms with Crippen molar-refractivity contribution in [3.05, 3.63) is 44.8 Å². The maximum atomic E-state index is 5.34. The molecular formula is C19H16Br2N6O2. The molecule has 0 spiro atoms. The van der Waals surface area contributed by atoms with Crippen molar-refractivity contribution >= 4 is 66.1 Å². The van der Waals surface area contributed by atoms with E-state index in [0.29, 0.717) is 17.4 Å². The van der Waals surface area contributed by atoms with E-state index in [-0.39, 0.29) is 0 Å². The molecule has 0 saturated carbocycles. The van der Waals surface area contributed by atoms with E-state index in [9.17, 15) is 0 Å². The molecule has 4 aromatic rings. The van der Waals surface area contributed by atoms with E-state index < -0.39 is 0 Å². The van der Waals surface area contributed by atoms with Gasteiger partial charge in [0.1, 0.15) is 5.52 Å². The average Bonchev–Trinajstić information content (AvgIpc) is 2.98. The molecule has 29 heavy (non-hydrogen) atoms. The fraction of sp³-hybridized carbons (Fsp3) is 0.158. The fourth-order valence-corrected chi connectivity index (χ4v) is 4.04. The van der Waals surface area contributed by atoms with Gasteiger partial charge in [0.05, 0.1) is 30.4 Å². The first-order valence-corrected chi connectivity index (χ1v) is 10.1. The highest BCUT2D eigenvalue weighted by Gasteiger charge is 2.13. The van der Waals surface area contributed by atoms with Gasteiger partial charge in [0.2, 0.25) is 0 Å². The van der Waals surface area contributed by atoms with Gasteiger partial charge in [-0.15, -0.1) is 10.2 Å². The molecule has 4 rings (SSSR count). The van der Waals surface area contributed by atoms with Crippen LogP contribution in [0.4, 0.5) is 5.95 Å². The number of nitrogens with zero attached hydrogens (tertiary/aromatic N) is 5. The van der Waals surface area contributed by atoms with Gasteiger partial charge in [0, 0.05) is 16.9 Å². The Morgan fingerprint density at radius 3 is 2.69 bits per heavy atom. The van der Waals surface area contributed by atoms with E-state index in [2.05, 4.69) is 57.6 Å². The van der Waals surface area contributed by atoms with Gasteiger partial charge in [-0.2, -0.15) is 10.1 Å². The standard InChI is InChI=1S/C19H16Br2N6O2/c1-27-14-5-4-11(20)8-12(14)16-18(27)23-19(26-24-16)25-22-9-10-6-13(21)17(29-3)15(7-10)28-2/h4-9H,1-3H3,(H,23,25,26)/b22-9+. The number of methoxy groups -OCH3 is 2. The summed E-state index contributed by atoms with van der Waals surface area (Å²) in [5, 5.41) is 13.7. The van der Waals surface area contributed by atoms with Crippen molar-refractivity contribution in [1.82, 2.24) is 19.7 Å². The highest BCUT2D eigenvalue weighted by molar-refractivity contribution is 9.10. The average molecular weight is 520 g/mol. The predicted molar refractivity (Wildman–Crippen MR) is 120 cm³/mol. The maximum absolute atomic E-state index is 5.34. The molecule has 0 saturated heterocycles. The molecule has 0 radical (unpaired) electrons. The number of benzene rings is 2. The summed E-state index contributed by atoms with van der Waals surface area (Å²) in [5.41, 5.74) is 6.13. The number of halogens is 2. The lowest BCUT2D eigenvalue weighted by molar-refractivity contribution is 0.353. The fourth-order valence-electron chi connectivity index (χ4n) is 3.05. The zero-order chi connectivity index (χ0) is 20.5. The van der Waals surface area contributed by atoms with Gasteiger partial charge in [0.15, 0.2) is 17.1 Å². The van der Waals surface area contributed by atoms with Crippen LogP contribution in [0.1, 0.15) is 5.56 Å². The number of aryl methyl sites for hydroxylation is 1. The number of hydrogen-bond donors (Lipinski definition) is 1. The Kier molecular flexibility index (Phi) is 5.37. The van der Waals surface area contributed by atoms with Crippen LogP contribution in [-0.2, 0) is 7.05 Å². The molecule has 1 N–H and O–H groups in total. The van der Waals surface area contributed by atoms with Crippen molar-refractivity contribution in [2.75, 3.05) is 19.6 Å². The van der Waals surface area contributed by atoms with E-state index in [1.54, 1.807) is 20.4 Å². The van der Waals surface area contributed by atoms with Crippen LogP contribution in [0.3, 0.4) is 0 Å². The number of aromatic nitrogens is 4. The van der Waals surface area contributed by atoms with Crippen LogP contribution in [-0.4, -0.2) is 40.2 Å². The highest BCUT2D eigenvalue weighted by Crippen LogP contribution is 2.35. The minimum absolute atomic E-state index is 0.304. The molecule has 2 aromatic carbocycles. The Labute approximate surface area is 183 Å². The molecule has 8 nitrogen and oxygen atoms in total. The summed E-state index contributed by atoms with van der Waals surface area (Å²) < 4.78 is 14.4. The quantitative estimate of drug-likeness (QED) is 0.308. The summed E-state index contributed by atoms with van der Waals surface area (Å²) in [4.78, 5) is 4.55. The molecule has 0 atom stereocenters. The smallest absolute Gasteiger partial charge is 0.265 e. The zero-order valence-electron chi connectivity index (χ0n) is 15.8. The van der Waals surface area contributed by atoms with Crippen molar-refractivity contribution in [2.45, 2.75) is 0 Å². The summed E-state index contributed by atoms with van der Waals surface area (Å²) in [6.45, 7) is 0. The summed E-state index contributed by atoms with van der Waals surface area (Å²) in [6.07, 6.45) is 1.64. The van der Waals surface area contributed by atoms with Gasteiger partial charge in [-0.05, 0) is 51.8 Å². The lowest BCUT2D eigenvalue weighted by atomic mass is 10.2. The number of fused-ring (bicyclic) bond motifs is 3. The third-order valence-electron chi connectivity index (χ3n) is 4.40. The Morgan fingerprint density at radius 1 is 1.10 bits per heavy atom. The van der Waals surface area contributed by atoms with Gasteiger partial charge in [-0.3, -0.25) is 0 Å². The lowest BCUT2D eigenvalue weighted by Crippen LogP contribution is -2.01. The molecular weight excluding hydrogens is 504 g/mol. The largest absolute Gasteiger partial charge is 0.493 e. The first kappa shape index (κ1) is 19.6. The van der Waals surface area contributed by atoms with Crippen LogP contribution in [0.2, 0.25) is 0 Å². The molecule has 0 aliphatic carbocycles. The minimum atomic E-state index is 0.304. The van der Waals surface area contributed by atoms with Crippen LogP contribution < -0.4 is 14.9 Å². The molecule has 2 heterocycles. The highest BCUT2D eigenvalue weighted by atomic mass is 79.9. The van der Waals surface area contributed by atoms with Crippen molar-refractivity contribution in [3.8, 4) is 11.5 Å². The van der Waals surface area contributed by atoms with E-state index >= 15 is 0 Å². The Bertz CT molecular complexity index is 1250. The number of anilines is 1. The van der Waals surface area contributed by atoms with E-state index in [1.807, 2.05) is 41.9 Å². The van der Waals surface area contributed by atoms with Crippen LogP contribution in [0.15, 0.2) is 44.4 Å². The van der Waals surface area contributed by atoms with E-state index in [1.165, 1.54) is 0 Å². The maximum Gasteiger partial charge on any atom is 0.265 e. The monoisotopic (exact) mass is 518 g/mol. The van der Waals surface area contributed by atoms with E-state index in [4.69, 9.17) is 9.47 Å². The summed E-state index contributed by atoms with van der Waals surface area (Å²) >= 11 is 6.96. The normalized spacial score (nSPS) is 11.5. The molecule has 0 unspecified atom stereocenters. The number of hydrogen-bond acceptors (Lipinski definition) is 7. The lowest BCUT2D eigenvalue weighted by Gasteiger charge is -2.10. The van der Waals surface area contributed by atoms with Crippen molar-refractivity contribution in [1.29, 1.82) is 0 Å². The molecule has 0 amide bonds.